The fraction of sp³-hybridized carbons (Fsp3) is 0.355. The topological polar surface area (TPSA) is 96.0 Å². The Kier molecular flexibility index (Phi) is 11.4. The van der Waals surface area contributed by atoms with Gasteiger partial charge in [0.1, 0.15) is 18.3 Å². The Morgan fingerprint density at radius 3 is 2.10 bits per heavy atom. The molecule has 0 unspecified atom stereocenters. The molecule has 0 aliphatic heterocycles. The van der Waals surface area contributed by atoms with Crippen LogP contribution >= 0.6 is 15.9 Å². The van der Waals surface area contributed by atoms with Crippen LogP contribution in [0.2, 0.25) is 0 Å². The molecule has 2 atom stereocenters. The van der Waals surface area contributed by atoms with E-state index in [0.717, 1.165) is 26.3 Å². The van der Waals surface area contributed by atoms with Crippen molar-refractivity contribution in [1.82, 2.24) is 10.2 Å². The molecule has 8 nitrogen and oxygen atoms in total. The first-order chi connectivity index (χ1) is 19.5. The molecule has 220 valence electrons. The SMILES string of the molecule is CCOc1ccc(N(CC(=O)N(Cc2ccc(Br)cc2)[C@@H](C)C(=O)N[C@H](C)CC)S(=O)(=O)c2ccc(C)cc2)cc1. The second-order valence-corrected chi connectivity index (χ2v) is 12.7. The third-order valence-corrected chi connectivity index (χ3v) is 9.07. The third-order valence-electron chi connectivity index (χ3n) is 6.76. The molecule has 1 N–H and O–H groups in total. The number of hydrogen-bond donors (Lipinski definition) is 1. The summed E-state index contributed by atoms with van der Waals surface area (Å²) in [5.41, 5.74) is 2.02. The standard InChI is InChI=1S/C31H38BrN3O5S/c1-6-23(4)33-31(37)24(5)34(20-25-10-12-26(32)13-11-25)30(36)21-35(27-14-16-28(17-15-27)40-7-2)41(38,39)29-18-8-22(3)9-19-29/h8-19,23-24H,6-7,20-21H2,1-5H3,(H,33,37)/t23-,24+/m1/s1. The molecular weight excluding hydrogens is 606 g/mol. The number of rotatable bonds is 13. The van der Waals surface area contributed by atoms with Crippen molar-refractivity contribution < 1.29 is 22.7 Å². The number of ether oxygens (including phenoxy) is 1. The Morgan fingerprint density at radius 1 is 0.927 bits per heavy atom. The van der Waals surface area contributed by atoms with E-state index in [1.807, 2.05) is 52.0 Å². The smallest absolute Gasteiger partial charge is 0.264 e. The summed E-state index contributed by atoms with van der Waals surface area (Å²) in [6.07, 6.45) is 0.736. The second kappa shape index (κ2) is 14.5. The summed E-state index contributed by atoms with van der Waals surface area (Å²) in [5, 5.41) is 2.94. The molecule has 3 aromatic rings. The molecule has 0 saturated carbocycles. The van der Waals surface area contributed by atoms with Gasteiger partial charge in [0.15, 0.2) is 0 Å². The minimum Gasteiger partial charge on any atom is -0.494 e. The molecular formula is C31H38BrN3O5S. The number of anilines is 1. The van der Waals surface area contributed by atoms with E-state index in [0.29, 0.717) is 18.0 Å². The molecule has 10 heteroatoms. The number of aryl methyl sites for hydroxylation is 1. The summed E-state index contributed by atoms with van der Waals surface area (Å²) >= 11 is 3.42. The lowest BCUT2D eigenvalue weighted by atomic mass is 10.1. The first-order valence-corrected chi connectivity index (χ1v) is 15.9. The van der Waals surface area contributed by atoms with Crippen LogP contribution in [0.4, 0.5) is 5.69 Å². The Labute approximate surface area is 251 Å². The first-order valence-electron chi connectivity index (χ1n) is 13.6. The fourth-order valence-corrected chi connectivity index (χ4v) is 5.75. The second-order valence-electron chi connectivity index (χ2n) is 9.89. The van der Waals surface area contributed by atoms with Crippen molar-refractivity contribution in [2.75, 3.05) is 17.5 Å². The third kappa shape index (κ3) is 8.56. The maximum absolute atomic E-state index is 14.0. The average molecular weight is 645 g/mol. The normalized spacial score (nSPS) is 12.7. The number of nitrogens with one attached hydrogen (secondary N) is 1. The van der Waals surface area contributed by atoms with Crippen LogP contribution in [-0.2, 0) is 26.2 Å². The zero-order valence-corrected chi connectivity index (χ0v) is 26.5. The fourth-order valence-electron chi connectivity index (χ4n) is 4.08. The van der Waals surface area contributed by atoms with Crippen LogP contribution in [0.5, 0.6) is 5.75 Å². The predicted molar refractivity (Wildman–Crippen MR) is 165 cm³/mol. The van der Waals surface area contributed by atoms with E-state index in [4.69, 9.17) is 4.74 Å². The molecule has 0 aliphatic rings. The van der Waals surface area contributed by atoms with Crippen LogP contribution < -0.4 is 14.4 Å². The molecule has 2 amide bonds. The molecule has 3 aromatic carbocycles. The molecule has 41 heavy (non-hydrogen) atoms. The van der Waals surface area contributed by atoms with Gasteiger partial charge >= 0.3 is 0 Å². The van der Waals surface area contributed by atoms with Gasteiger partial charge in [-0.2, -0.15) is 0 Å². The highest BCUT2D eigenvalue weighted by Crippen LogP contribution is 2.27. The first kappa shape index (κ1) is 32.1. The Hall–Kier alpha value is -3.37. The van der Waals surface area contributed by atoms with Crippen LogP contribution in [0.15, 0.2) is 82.2 Å². The molecule has 3 rings (SSSR count). The lowest BCUT2D eigenvalue weighted by molar-refractivity contribution is -0.139. The minimum atomic E-state index is -4.13. The van der Waals surface area contributed by atoms with Crippen LogP contribution in [0.1, 0.15) is 45.2 Å². The molecule has 0 saturated heterocycles. The maximum atomic E-state index is 14.0. The quantitative estimate of drug-likeness (QED) is 0.258. The molecule has 0 heterocycles. The number of amides is 2. The lowest BCUT2D eigenvalue weighted by Gasteiger charge is -2.32. The van der Waals surface area contributed by atoms with Gasteiger partial charge in [-0.25, -0.2) is 8.42 Å². The lowest BCUT2D eigenvalue weighted by Crippen LogP contribution is -2.52. The van der Waals surface area contributed by atoms with Crippen LogP contribution in [0.25, 0.3) is 0 Å². The highest BCUT2D eigenvalue weighted by molar-refractivity contribution is 9.10. The molecule has 0 bridgehead atoms. The van der Waals surface area contributed by atoms with Crippen molar-refractivity contribution in [3.05, 3.63) is 88.4 Å². The van der Waals surface area contributed by atoms with Gasteiger partial charge in [-0.15, -0.1) is 0 Å². The van der Waals surface area contributed by atoms with E-state index in [1.54, 1.807) is 43.3 Å². The van der Waals surface area contributed by atoms with E-state index < -0.39 is 28.5 Å². The number of carbonyl (C=O) groups excluding carboxylic acids is 2. The summed E-state index contributed by atoms with van der Waals surface area (Å²) in [5.74, 6) is -0.231. The molecule has 0 radical (unpaired) electrons. The van der Waals surface area contributed by atoms with Gasteiger partial charge in [0.25, 0.3) is 10.0 Å². The van der Waals surface area contributed by atoms with Gasteiger partial charge in [0.05, 0.1) is 17.2 Å². The molecule has 0 fully saturated rings. The maximum Gasteiger partial charge on any atom is 0.264 e. The largest absolute Gasteiger partial charge is 0.494 e. The molecule has 0 aromatic heterocycles. The van der Waals surface area contributed by atoms with E-state index in [2.05, 4.69) is 21.2 Å². The van der Waals surface area contributed by atoms with Gasteiger partial charge in [0, 0.05) is 17.1 Å². The summed E-state index contributed by atoms with van der Waals surface area (Å²) in [7, 11) is -4.13. The summed E-state index contributed by atoms with van der Waals surface area (Å²) in [4.78, 5) is 28.6. The predicted octanol–water partition coefficient (Wildman–Crippen LogP) is 5.68. The van der Waals surface area contributed by atoms with Crippen LogP contribution in [-0.4, -0.2) is 50.4 Å². The summed E-state index contributed by atoms with van der Waals surface area (Å²) in [6.45, 7) is 9.34. The number of sulfonamides is 1. The Morgan fingerprint density at radius 2 is 1.54 bits per heavy atom. The van der Waals surface area contributed by atoms with Crippen LogP contribution in [0.3, 0.4) is 0 Å². The number of halogens is 1. The van der Waals surface area contributed by atoms with Gasteiger partial charge in [-0.1, -0.05) is 52.7 Å². The number of nitrogens with zero attached hydrogens (tertiary/aromatic N) is 2. The van der Waals surface area contributed by atoms with Gasteiger partial charge < -0.3 is 15.0 Å². The number of benzene rings is 3. The summed E-state index contributed by atoms with van der Waals surface area (Å²) < 4.78 is 35.4. The van der Waals surface area contributed by atoms with Crippen molar-refractivity contribution >= 4 is 43.5 Å². The van der Waals surface area contributed by atoms with E-state index in [-0.39, 0.29) is 23.4 Å². The Bertz CT molecular complexity index is 1410. The van der Waals surface area contributed by atoms with Crippen molar-refractivity contribution in [2.24, 2.45) is 0 Å². The van der Waals surface area contributed by atoms with E-state index >= 15 is 0 Å². The molecule has 0 spiro atoms. The minimum absolute atomic E-state index is 0.0619. The van der Waals surface area contributed by atoms with Crippen molar-refractivity contribution in [2.45, 2.75) is 64.6 Å². The van der Waals surface area contributed by atoms with Crippen molar-refractivity contribution in [3.8, 4) is 5.75 Å². The van der Waals surface area contributed by atoms with Gasteiger partial charge in [0.2, 0.25) is 11.8 Å². The van der Waals surface area contributed by atoms with E-state index in [9.17, 15) is 18.0 Å². The Balaban J connectivity index is 2.02. The average Bonchev–Trinajstić information content (AvgIpc) is 2.95. The van der Waals surface area contributed by atoms with Gasteiger partial charge in [-0.3, -0.25) is 13.9 Å². The zero-order valence-electron chi connectivity index (χ0n) is 24.1. The van der Waals surface area contributed by atoms with Crippen molar-refractivity contribution in [3.63, 3.8) is 0 Å². The molecule has 0 aliphatic carbocycles. The van der Waals surface area contributed by atoms with Crippen molar-refractivity contribution in [1.29, 1.82) is 0 Å². The van der Waals surface area contributed by atoms with E-state index in [1.165, 1.54) is 17.0 Å². The van der Waals surface area contributed by atoms with Gasteiger partial charge in [-0.05, 0) is 88.2 Å². The number of hydrogen-bond acceptors (Lipinski definition) is 5. The number of carbonyl (C=O) groups is 2. The zero-order chi connectivity index (χ0) is 30.2. The highest BCUT2D eigenvalue weighted by atomic mass is 79.9. The summed E-state index contributed by atoms with van der Waals surface area (Å²) in [6, 6.07) is 19.6. The van der Waals surface area contributed by atoms with Crippen LogP contribution in [0, 0.1) is 6.92 Å². The highest BCUT2D eigenvalue weighted by Gasteiger charge is 2.32. The monoisotopic (exact) mass is 643 g/mol.